The van der Waals surface area contributed by atoms with Crippen LogP contribution in [-0.4, -0.2) is 19.2 Å². The van der Waals surface area contributed by atoms with E-state index in [4.69, 9.17) is 27.9 Å². The van der Waals surface area contributed by atoms with Crippen molar-refractivity contribution in [2.24, 2.45) is 0 Å². The topological polar surface area (TPSA) is 21.3 Å². The van der Waals surface area contributed by atoms with Crippen LogP contribution in [-0.2, 0) is 0 Å². The van der Waals surface area contributed by atoms with Crippen molar-refractivity contribution in [3.05, 3.63) is 28.2 Å². The summed E-state index contributed by atoms with van der Waals surface area (Å²) in [7, 11) is 0. The molecule has 1 aromatic carbocycles. The van der Waals surface area contributed by atoms with Crippen molar-refractivity contribution in [1.82, 2.24) is 5.32 Å². The molecular weight excluding hydrogens is 269 g/mol. The quantitative estimate of drug-likeness (QED) is 0.720. The van der Waals surface area contributed by atoms with Crippen molar-refractivity contribution in [2.75, 3.05) is 13.2 Å². The van der Waals surface area contributed by atoms with E-state index in [9.17, 15) is 0 Å². The molecule has 4 heteroatoms. The summed E-state index contributed by atoms with van der Waals surface area (Å²) >= 11 is 11.8. The molecule has 2 nitrogen and oxygen atoms in total. The number of hydrogen-bond acceptors (Lipinski definition) is 2. The number of halogens is 2. The molecule has 1 N–H and O–H groups in total. The molecule has 0 heterocycles. The summed E-state index contributed by atoms with van der Waals surface area (Å²) in [5.41, 5.74) is 0. The number of unbranched alkanes of at least 4 members (excludes halogenated alkanes) is 2. The lowest BCUT2D eigenvalue weighted by molar-refractivity contribution is 0.305. The van der Waals surface area contributed by atoms with Crippen molar-refractivity contribution in [3.63, 3.8) is 0 Å². The van der Waals surface area contributed by atoms with Gasteiger partial charge in [0.2, 0.25) is 0 Å². The Morgan fingerprint density at radius 3 is 2.72 bits per heavy atom. The molecule has 0 atom stereocenters. The first-order chi connectivity index (χ1) is 8.75. The van der Waals surface area contributed by atoms with E-state index in [0.29, 0.717) is 16.7 Å². The van der Waals surface area contributed by atoms with Crippen LogP contribution in [0.1, 0.15) is 32.1 Å². The van der Waals surface area contributed by atoms with Gasteiger partial charge in [0.15, 0.2) is 0 Å². The first-order valence-electron chi connectivity index (χ1n) is 6.57. The van der Waals surface area contributed by atoms with Gasteiger partial charge in [-0.25, -0.2) is 0 Å². The Labute approximate surface area is 119 Å². The van der Waals surface area contributed by atoms with Crippen LogP contribution in [0, 0.1) is 0 Å². The van der Waals surface area contributed by atoms with Gasteiger partial charge < -0.3 is 10.1 Å². The van der Waals surface area contributed by atoms with Gasteiger partial charge in [-0.3, -0.25) is 0 Å². The zero-order chi connectivity index (χ0) is 12.8. The van der Waals surface area contributed by atoms with Gasteiger partial charge in [-0.1, -0.05) is 23.2 Å². The minimum absolute atomic E-state index is 0.581. The van der Waals surface area contributed by atoms with E-state index in [0.717, 1.165) is 24.8 Å². The maximum Gasteiger partial charge on any atom is 0.137 e. The van der Waals surface area contributed by atoms with Crippen LogP contribution < -0.4 is 10.1 Å². The second-order valence-corrected chi connectivity index (χ2v) is 5.56. The van der Waals surface area contributed by atoms with Crippen LogP contribution in [0.2, 0.25) is 10.0 Å². The third-order valence-corrected chi connectivity index (χ3v) is 3.51. The highest BCUT2D eigenvalue weighted by atomic mass is 35.5. The van der Waals surface area contributed by atoms with E-state index in [-0.39, 0.29) is 0 Å². The van der Waals surface area contributed by atoms with Crippen LogP contribution >= 0.6 is 23.2 Å². The minimum Gasteiger partial charge on any atom is -0.492 e. The van der Waals surface area contributed by atoms with Gasteiger partial charge >= 0.3 is 0 Å². The van der Waals surface area contributed by atoms with Crippen molar-refractivity contribution in [3.8, 4) is 5.75 Å². The summed E-state index contributed by atoms with van der Waals surface area (Å²) in [5, 5.41) is 4.72. The maximum absolute atomic E-state index is 6.01. The summed E-state index contributed by atoms with van der Waals surface area (Å²) in [6.07, 6.45) is 6.18. The lowest BCUT2D eigenvalue weighted by atomic mass is 10.2. The molecule has 1 aliphatic carbocycles. The molecule has 0 amide bonds. The van der Waals surface area contributed by atoms with E-state index in [1.54, 1.807) is 12.1 Å². The van der Waals surface area contributed by atoms with E-state index >= 15 is 0 Å². The zero-order valence-corrected chi connectivity index (χ0v) is 11.9. The van der Waals surface area contributed by atoms with E-state index in [2.05, 4.69) is 5.32 Å². The van der Waals surface area contributed by atoms with Crippen molar-refractivity contribution >= 4 is 23.2 Å². The lowest BCUT2D eigenvalue weighted by Gasteiger charge is -2.08. The Morgan fingerprint density at radius 2 is 2.00 bits per heavy atom. The molecular formula is C14H19Cl2NO. The van der Waals surface area contributed by atoms with Crippen molar-refractivity contribution in [2.45, 2.75) is 38.1 Å². The van der Waals surface area contributed by atoms with Gasteiger partial charge in [-0.05, 0) is 56.8 Å². The molecule has 1 fully saturated rings. The standard InChI is InChI=1S/C14H19Cl2NO/c15-11-4-7-14(13(16)10-11)18-9-3-1-2-8-17-12-5-6-12/h4,7,10,12,17H,1-3,5-6,8-9H2. The fraction of sp³-hybridized carbons (Fsp3) is 0.571. The highest BCUT2D eigenvalue weighted by Gasteiger charge is 2.19. The van der Waals surface area contributed by atoms with Gasteiger partial charge in [0.25, 0.3) is 0 Å². The number of hydrogen-bond donors (Lipinski definition) is 1. The van der Waals surface area contributed by atoms with Crippen LogP contribution in [0.25, 0.3) is 0 Å². The van der Waals surface area contributed by atoms with E-state index in [1.807, 2.05) is 6.07 Å². The van der Waals surface area contributed by atoms with Gasteiger partial charge in [-0.2, -0.15) is 0 Å². The fourth-order valence-electron chi connectivity index (χ4n) is 1.77. The zero-order valence-electron chi connectivity index (χ0n) is 10.4. The third kappa shape index (κ3) is 5.05. The number of nitrogens with one attached hydrogen (secondary N) is 1. The van der Waals surface area contributed by atoms with Crippen molar-refractivity contribution in [1.29, 1.82) is 0 Å². The summed E-state index contributed by atoms with van der Waals surface area (Å²) < 4.78 is 5.62. The Balaban J connectivity index is 1.53. The Hall–Kier alpha value is -0.440. The molecule has 0 radical (unpaired) electrons. The smallest absolute Gasteiger partial charge is 0.137 e. The second kappa shape index (κ2) is 7.22. The first-order valence-corrected chi connectivity index (χ1v) is 7.32. The molecule has 0 unspecified atom stereocenters. The van der Waals surface area contributed by atoms with Crippen LogP contribution in [0.5, 0.6) is 5.75 Å². The minimum atomic E-state index is 0.581. The summed E-state index contributed by atoms with van der Waals surface area (Å²) in [5.74, 6) is 0.720. The third-order valence-electron chi connectivity index (χ3n) is 2.98. The monoisotopic (exact) mass is 287 g/mol. The van der Waals surface area contributed by atoms with Gasteiger partial charge in [0.1, 0.15) is 5.75 Å². The molecule has 0 saturated heterocycles. The van der Waals surface area contributed by atoms with Crippen LogP contribution in [0.15, 0.2) is 18.2 Å². The van der Waals surface area contributed by atoms with Gasteiger partial charge in [0, 0.05) is 11.1 Å². The van der Waals surface area contributed by atoms with Crippen LogP contribution in [0.4, 0.5) is 0 Å². The summed E-state index contributed by atoms with van der Waals surface area (Å²) in [6, 6.07) is 6.13. The first kappa shape index (κ1) is 14.0. The highest BCUT2D eigenvalue weighted by molar-refractivity contribution is 6.35. The highest BCUT2D eigenvalue weighted by Crippen LogP contribution is 2.27. The van der Waals surface area contributed by atoms with E-state index < -0.39 is 0 Å². The largest absolute Gasteiger partial charge is 0.492 e. The molecule has 2 rings (SSSR count). The number of benzene rings is 1. The average molecular weight is 288 g/mol. The van der Waals surface area contributed by atoms with Crippen molar-refractivity contribution < 1.29 is 4.74 Å². The van der Waals surface area contributed by atoms with Gasteiger partial charge in [-0.15, -0.1) is 0 Å². The molecule has 1 saturated carbocycles. The normalized spacial score (nSPS) is 14.8. The fourth-order valence-corrected chi connectivity index (χ4v) is 2.23. The van der Waals surface area contributed by atoms with E-state index in [1.165, 1.54) is 25.7 Å². The Kier molecular flexibility index (Phi) is 5.61. The predicted molar refractivity (Wildman–Crippen MR) is 76.8 cm³/mol. The number of rotatable bonds is 8. The second-order valence-electron chi connectivity index (χ2n) is 4.71. The SMILES string of the molecule is Clc1ccc(OCCCCCNC2CC2)c(Cl)c1. The average Bonchev–Trinajstić information content (AvgIpc) is 3.14. The molecule has 0 aliphatic heterocycles. The summed E-state index contributed by atoms with van der Waals surface area (Å²) in [4.78, 5) is 0. The predicted octanol–water partition coefficient (Wildman–Crippen LogP) is 4.29. The van der Waals surface area contributed by atoms with Gasteiger partial charge in [0.05, 0.1) is 11.6 Å². The number of ether oxygens (including phenoxy) is 1. The molecule has 18 heavy (non-hydrogen) atoms. The molecule has 100 valence electrons. The lowest BCUT2D eigenvalue weighted by Crippen LogP contribution is -2.17. The Morgan fingerprint density at radius 1 is 1.17 bits per heavy atom. The molecule has 0 bridgehead atoms. The maximum atomic E-state index is 6.01. The Bertz CT molecular complexity index is 380. The molecule has 0 spiro atoms. The molecule has 0 aromatic heterocycles. The summed E-state index contributed by atoms with van der Waals surface area (Å²) in [6.45, 7) is 1.84. The van der Waals surface area contributed by atoms with Crippen LogP contribution in [0.3, 0.4) is 0 Å². The molecule has 1 aromatic rings. The molecule has 1 aliphatic rings.